The van der Waals surface area contributed by atoms with Gasteiger partial charge in [0.15, 0.2) is 17.5 Å². The summed E-state index contributed by atoms with van der Waals surface area (Å²) in [6, 6.07) is 3.72. The summed E-state index contributed by atoms with van der Waals surface area (Å²) in [5.74, 6) is -1.32. The number of benzene rings is 1. The van der Waals surface area contributed by atoms with Crippen LogP contribution in [0.5, 0.6) is 0 Å². The molecule has 0 aliphatic carbocycles. The Kier molecular flexibility index (Phi) is 4.96. The lowest BCUT2D eigenvalue weighted by Gasteiger charge is -2.11. The van der Waals surface area contributed by atoms with Gasteiger partial charge in [-0.1, -0.05) is 0 Å². The van der Waals surface area contributed by atoms with Crippen molar-refractivity contribution in [1.82, 2.24) is 15.3 Å². The van der Waals surface area contributed by atoms with Gasteiger partial charge < -0.3 is 5.32 Å². The molecular weight excluding hydrogens is 272 g/mol. The second-order valence-corrected chi connectivity index (χ2v) is 5.03. The third-order valence-electron chi connectivity index (χ3n) is 3.45. The van der Waals surface area contributed by atoms with Gasteiger partial charge in [0.05, 0.1) is 0 Å². The zero-order chi connectivity index (χ0) is 15.4. The Balaban J connectivity index is 2.32. The summed E-state index contributed by atoms with van der Waals surface area (Å²) in [7, 11) is 1.92. The number of rotatable bonds is 5. The fourth-order valence-electron chi connectivity index (χ4n) is 2.31. The van der Waals surface area contributed by atoms with E-state index < -0.39 is 11.6 Å². The summed E-state index contributed by atoms with van der Waals surface area (Å²) in [6.07, 6.45) is 1.91. The van der Waals surface area contributed by atoms with Crippen LogP contribution in [0.25, 0.3) is 11.4 Å². The van der Waals surface area contributed by atoms with Crippen LogP contribution in [0.1, 0.15) is 23.4 Å². The van der Waals surface area contributed by atoms with Crippen LogP contribution in [0.15, 0.2) is 18.2 Å². The Morgan fingerprint density at radius 2 is 1.71 bits per heavy atom. The van der Waals surface area contributed by atoms with E-state index in [1.807, 2.05) is 20.9 Å². The number of nitrogens with zero attached hydrogens (tertiary/aromatic N) is 2. The summed E-state index contributed by atoms with van der Waals surface area (Å²) in [5, 5.41) is 3.11. The van der Waals surface area contributed by atoms with E-state index in [0.29, 0.717) is 11.4 Å². The first-order valence-electron chi connectivity index (χ1n) is 6.97. The summed E-state index contributed by atoms with van der Waals surface area (Å²) in [4.78, 5) is 8.87. The van der Waals surface area contributed by atoms with Gasteiger partial charge in [-0.25, -0.2) is 18.7 Å². The molecule has 21 heavy (non-hydrogen) atoms. The molecule has 2 aromatic rings. The van der Waals surface area contributed by atoms with Crippen LogP contribution in [0.4, 0.5) is 8.78 Å². The Labute approximate surface area is 123 Å². The van der Waals surface area contributed by atoms with E-state index in [0.717, 1.165) is 48.5 Å². The predicted molar refractivity (Wildman–Crippen MR) is 79.1 cm³/mol. The number of halogens is 2. The molecule has 5 heteroatoms. The van der Waals surface area contributed by atoms with Crippen LogP contribution >= 0.6 is 0 Å². The van der Waals surface area contributed by atoms with E-state index >= 15 is 0 Å². The van der Waals surface area contributed by atoms with Crippen LogP contribution in [0.2, 0.25) is 0 Å². The van der Waals surface area contributed by atoms with E-state index in [2.05, 4.69) is 15.3 Å². The Hall–Kier alpha value is -1.88. The van der Waals surface area contributed by atoms with E-state index in [1.54, 1.807) is 0 Å². The molecular formula is C16H19F2N3. The molecule has 2 rings (SSSR count). The lowest BCUT2D eigenvalue weighted by atomic mass is 10.1. The molecule has 0 saturated carbocycles. The minimum atomic E-state index is -0.885. The molecule has 0 spiro atoms. The number of nitrogens with one attached hydrogen (secondary N) is 1. The minimum Gasteiger partial charge on any atom is -0.320 e. The average molecular weight is 291 g/mol. The maximum Gasteiger partial charge on any atom is 0.159 e. The quantitative estimate of drug-likeness (QED) is 0.860. The molecule has 0 saturated heterocycles. The zero-order valence-electron chi connectivity index (χ0n) is 12.5. The first kappa shape index (κ1) is 15.5. The summed E-state index contributed by atoms with van der Waals surface area (Å²) in [5.41, 5.74) is 3.38. The van der Waals surface area contributed by atoms with Crippen molar-refractivity contribution in [3.05, 3.63) is 46.8 Å². The van der Waals surface area contributed by atoms with Gasteiger partial charge in [-0.3, -0.25) is 0 Å². The second kappa shape index (κ2) is 6.72. The van der Waals surface area contributed by atoms with Gasteiger partial charge in [-0.2, -0.15) is 0 Å². The van der Waals surface area contributed by atoms with Crippen molar-refractivity contribution in [3.63, 3.8) is 0 Å². The third-order valence-corrected chi connectivity index (χ3v) is 3.45. The van der Waals surface area contributed by atoms with Gasteiger partial charge in [0, 0.05) is 17.0 Å². The predicted octanol–water partition coefficient (Wildman–Crippen LogP) is 3.19. The topological polar surface area (TPSA) is 37.8 Å². The van der Waals surface area contributed by atoms with E-state index in [4.69, 9.17) is 0 Å². The molecule has 0 bridgehead atoms. The zero-order valence-corrected chi connectivity index (χ0v) is 12.5. The van der Waals surface area contributed by atoms with Gasteiger partial charge in [-0.05, 0) is 64.0 Å². The Bertz CT molecular complexity index is 618. The molecule has 0 fully saturated rings. The van der Waals surface area contributed by atoms with Gasteiger partial charge in [-0.15, -0.1) is 0 Å². The molecule has 1 N–H and O–H groups in total. The average Bonchev–Trinajstić information content (AvgIpc) is 2.44. The van der Waals surface area contributed by atoms with Crippen LogP contribution in [0, 0.1) is 25.5 Å². The van der Waals surface area contributed by atoms with Crippen molar-refractivity contribution in [2.75, 3.05) is 13.6 Å². The summed E-state index contributed by atoms with van der Waals surface area (Å²) in [6.45, 7) is 4.78. The molecule has 0 aliphatic rings. The molecule has 1 heterocycles. The number of aromatic nitrogens is 2. The molecule has 3 nitrogen and oxygen atoms in total. The van der Waals surface area contributed by atoms with Gasteiger partial charge in [0.1, 0.15) is 0 Å². The van der Waals surface area contributed by atoms with Crippen molar-refractivity contribution in [2.45, 2.75) is 26.7 Å². The maximum absolute atomic E-state index is 13.3. The van der Waals surface area contributed by atoms with Crippen molar-refractivity contribution < 1.29 is 8.78 Å². The molecule has 0 radical (unpaired) electrons. The van der Waals surface area contributed by atoms with Crippen molar-refractivity contribution >= 4 is 0 Å². The van der Waals surface area contributed by atoms with Gasteiger partial charge >= 0.3 is 0 Å². The normalized spacial score (nSPS) is 10.9. The van der Waals surface area contributed by atoms with Crippen molar-refractivity contribution in [3.8, 4) is 11.4 Å². The van der Waals surface area contributed by atoms with Crippen molar-refractivity contribution in [2.24, 2.45) is 0 Å². The highest BCUT2D eigenvalue weighted by Crippen LogP contribution is 2.21. The smallest absolute Gasteiger partial charge is 0.159 e. The monoisotopic (exact) mass is 291 g/mol. The Morgan fingerprint density at radius 3 is 2.29 bits per heavy atom. The maximum atomic E-state index is 13.3. The Morgan fingerprint density at radius 1 is 1.05 bits per heavy atom. The van der Waals surface area contributed by atoms with E-state index in [-0.39, 0.29) is 0 Å². The third kappa shape index (κ3) is 3.61. The highest BCUT2D eigenvalue weighted by molar-refractivity contribution is 5.55. The molecule has 0 aliphatic heterocycles. The summed E-state index contributed by atoms with van der Waals surface area (Å²) < 4.78 is 26.3. The van der Waals surface area contributed by atoms with Crippen LogP contribution in [-0.2, 0) is 6.42 Å². The van der Waals surface area contributed by atoms with Crippen LogP contribution in [0.3, 0.4) is 0 Å². The van der Waals surface area contributed by atoms with Crippen LogP contribution in [-0.4, -0.2) is 23.6 Å². The fourth-order valence-corrected chi connectivity index (χ4v) is 2.31. The highest BCUT2D eigenvalue weighted by Gasteiger charge is 2.11. The number of hydrogen-bond acceptors (Lipinski definition) is 3. The summed E-state index contributed by atoms with van der Waals surface area (Å²) >= 11 is 0. The first-order chi connectivity index (χ1) is 10.0. The second-order valence-electron chi connectivity index (χ2n) is 5.03. The van der Waals surface area contributed by atoms with Gasteiger partial charge in [0.2, 0.25) is 0 Å². The highest BCUT2D eigenvalue weighted by atomic mass is 19.2. The SMILES string of the molecule is CNCCCc1c(C)nc(-c2ccc(F)c(F)c2)nc1C. The van der Waals surface area contributed by atoms with Gasteiger partial charge in [0.25, 0.3) is 0 Å². The number of aryl methyl sites for hydroxylation is 2. The largest absolute Gasteiger partial charge is 0.320 e. The first-order valence-corrected chi connectivity index (χ1v) is 6.97. The molecule has 0 amide bonds. The lowest BCUT2D eigenvalue weighted by Crippen LogP contribution is -2.10. The van der Waals surface area contributed by atoms with Crippen molar-refractivity contribution in [1.29, 1.82) is 0 Å². The lowest BCUT2D eigenvalue weighted by molar-refractivity contribution is 0.509. The van der Waals surface area contributed by atoms with E-state index in [1.165, 1.54) is 6.07 Å². The molecule has 1 aromatic heterocycles. The fraction of sp³-hybridized carbons (Fsp3) is 0.375. The number of hydrogen-bond donors (Lipinski definition) is 1. The minimum absolute atomic E-state index is 0.432. The molecule has 1 aromatic carbocycles. The van der Waals surface area contributed by atoms with Crippen LogP contribution < -0.4 is 5.32 Å². The standard InChI is InChI=1S/C16H19F2N3/c1-10-13(5-4-8-19-3)11(2)21-16(20-10)12-6-7-14(17)15(18)9-12/h6-7,9,19H,4-5,8H2,1-3H3. The molecule has 0 unspecified atom stereocenters. The molecule has 112 valence electrons. The van der Waals surface area contributed by atoms with E-state index in [9.17, 15) is 8.78 Å². The molecule has 0 atom stereocenters.